The fourth-order valence-corrected chi connectivity index (χ4v) is 3.49. The zero-order valence-electron chi connectivity index (χ0n) is 9.74. The zero-order valence-corrected chi connectivity index (χ0v) is 10.6. The molecular weight excluding hydrogens is 222 g/mol. The standard InChI is InChI=1S/C12H21NO2S/c14-12(6-5-10-3-1-7-15-10)13-9-11-4-2-8-16-11/h10-11H,1-9H2,(H,13,14)/t10-,11+/m1/s1. The van der Waals surface area contributed by atoms with Crippen LogP contribution in [0.2, 0.25) is 0 Å². The number of carbonyl (C=O) groups excluding carboxylic acids is 1. The summed E-state index contributed by atoms with van der Waals surface area (Å²) in [5, 5.41) is 3.69. The minimum atomic E-state index is 0.197. The first-order valence-electron chi connectivity index (χ1n) is 6.34. The first-order chi connectivity index (χ1) is 7.84. The average Bonchev–Trinajstić information content (AvgIpc) is 2.96. The van der Waals surface area contributed by atoms with E-state index in [-0.39, 0.29) is 5.91 Å². The number of ether oxygens (including phenoxy) is 1. The van der Waals surface area contributed by atoms with Crippen molar-refractivity contribution in [2.24, 2.45) is 0 Å². The van der Waals surface area contributed by atoms with Gasteiger partial charge in [-0.1, -0.05) is 0 Å². The van der Waals surface area contributed by atoms with Gasteiger partial charge in [0, 0.05) is 24.8 Å². The monoisotopic (exact) mass is 243 g/mol. The highest BCUT2D eigenvalue weighted by molar-refractivity contribution is 8.00. The molecule has 0 bridgehead atoms. The third kappa shape index (κ3) is 3.98. The van der Waals surface area contributed by atoms with E-state index in [0.29, 0.717) is 17.8 Å². The van der Waals surface area contributed by atoms with E-state index < -0.39 is 0 Å². The minimum absolute atomic E-state index is 0.197. The van der Waals surface area contributed by atoms with Crippen LogP contribution in [0, 0.1) is 0 Å². The van der Waals surface area contributed by atoms with Gasteiger partial charge in [0.25, 0.3) is 0 Å². The van der Waals surface area contributed by atoms with Crippen LogP contribution in [0.1, 0.15) is 38.5 Å². The lowest BCUT2D eigenvalue weighted by atomic mass is 10.1. The van der Waals surface area contributed by atoms with Crippen LogP contribution in [0.25, 0.3) is 0 Å². The molecule has 2 aliphatic rings. The van der Waals surface area contributed by atoms with Crippen molar-refractivity contribution < 1.29 is 9.53 Å². The van der Waals surface area contributed by atoms with Crippen molar-refractivity contribution in [1.82, 2.24) is 5.32 Å². The van der Waals surface area contributed by atoms with E-state index in [2.05, 4.69) is 5.32 Å². The number of amides is 1. The average molecular weight is 243 g/mol. The summed E-state index contributed by atoms with van der Waals surface area (Å²) in [6.45, 7) is 1.74. The summed E-state index contributed by atoms with van der Waals surface area (Å²) in [5.41, 5.74) is 0. The van der Waals surface area contributed by atoms with Gasteiger partial charge >= 0.3 is 0 Å². The number of rotatable bonds is 5. The molecule has 2 heterocycles. The van der Waals surface area contributed by atoms with Gasteiger partial charge in [-0.3, -0.25) is 4.79 Å². The third-order valence-electron chi connectivity index (χ3n) is 3.27. The Balaban J connectivity index is 1.53. The minimum Gasteiger partial charge on any atom is -0.378 e. The van der Waals surface area contributed by atoms with Gasteiger partial charge in [-0.15, -0.1) is 0 Å². The maximum atomic E-state index is 11.6. The molecule has 4 heteroatoms. The maximum absolute atomic E-state index is 11.6. The molecular formula is C12H21NO2S. The molecule has 0 saturated carbocycles. The van der Waals surface area contributed by atoms with Gasteiger partial charge in [-0.25, -0.2) is 0 Å². The fourth-order valence-electron chi connectivity index (χ4n) is 2.29. The van der Waals surface area contributed by atoms with Crippen LogP contribution in [0.3, 0.4) is 0 Å². The highest BCUT2D eigenvalue weighted by atomic mass is 32.2. The van der Waals surface area contributed by atoms with Crippen LogP contribution in [0.5, 0.6) is 0 Å². The van der Waals surface area contributed by atoms with Crippen molar-refractivity contribution in [3.63, 3.8) is 0 Å². The summed E-state index contributed by atoms with van der Waals surface area (Å²) in [7, 11) is 0. The molecule has 0 aromatic carbocycles. The SMILES string of the molecule is O=C(CC[C@H]1CCCO1)NC[C@@H]1CCCS1. The van der Waals surface area contributed by atoms with Crippen molar-refractivity contribution >= 4 is 17.7 Å². The second-order valence-corrected chi connectivity index (χ2v) is 6.02. The number of nitrogens with one attached hydrogen (secondary N) is 1. The van der Waals surface area contributed by atoms with E-state index in [1.165, 1.54) is 18.6 Å². The largest absolute Gasteiger partial charge is 0.378 e. The highest BCUT2D eigenvalue weighted by Gasteiger charge is 2.18. The molecule has 92 valence electrons. The van der Waals surface area contributed by atoms with E-state index in [0.717, 1.165) is 32.4 Å². The van der Waals surface area contributed by atoms with Gasteiger partial charge in [-0.2, -0.15) is 11.8 Å². The Bertz CT molecular complexity index is 201. The summed E-state index contributed by atoms with van der Waals surface area (Å²) >= 11 is 1.99. The summed E-state index contributed by atoms with van der Waals surface area (Å²) in [6.07, 6.45) is 6.71. The molecule has 2 fully saturated rings. The van der Waals surface area contributed by atoms with E-state index in [4.69, 9.17) is 4.74 Å². The Kier molecular flexibility index (Phi) is 4.97. The van der Waals surface area contributed by atoms with Crippen LogP contribution < -0.4 is 5.32 Å². The quantitative estimate of drug-likeness (QED) is 0.802. The van der Waals surface area contributed by atoms with Gasteiger partial charge in [0.05, 0.1) is 6.10 Å². The van der Waals surface area contributed by atoms with Crippen LogP contribution in [-0.4, -0.2) is 36.2 Å². The van der Waals surface area contributed by atoms with Gasteiger partial charge in [0.2, 0.25) is 5.91 Å². The van der Waals surface area contributed by atoms with Crippen molar-refractivity contribution in [2.45, 2.75) is 49.9 Å². The lowest BCUT2D eigenvalue weighted by molar-refractivity contribution is -0.121. The molecule has 2 aliphatic heterocycles. The molecule has 2 atom stereocenters. The van der Waals surface area contributed by atoms with Crippen molar-refractivity contribution in [2.75, 3.05) is 18.9 Å². The molecule has 0 aromatic rings. The molecule has 2 rings (SSSR count). The van der Waals surface area contributed by atoms with Gasteiger partial charge in [0.1, 0.15) is 0 Å². The smallest absolute Gasteiger partial charge is 0.220 e. The number of hydrogen-bond donors (Lipinski definition) is 1. The second kappa shape index (κ2) is 6.50. The molecule has 1 N–H and O–H groups in total. The summed E-state index contributed by atoms with van der Waals surface area (Å²) in [4.78, 5) is 11.6. The van der Waals surface area contributed by atoms with Gasteiger partial charge in [-0.05, 0) is 37.9 Å². The first-order valence-corrected chi connectivity index (χ1v) is 7.39. The lowest BCUT2D eigenvalue weighted by Crippen LogP contribution is -2.30. The summed E-state index contributed by atoms with van der Waals surface area (Å²) in [6, 6.07) is 0. The van der Waals surface area contributed by atoms with Crippen molar-refractivity contribution in [1.29, 1.82) is 0 Å². The maximum Gasteiger partial charge on any atom is 0.220 e. The van der Waals surface area contributed by atoms with E-state index in [1.807, 2.05) is 11.8 Å². The number of thioether (sulfide) groups is 1. The number of hydrogen-bond acceptors (Lipinski definition) is 3. The Morgan fingerprint density at radius 3 is 3.00 bits per heavy atom. The normalized spacial score (nSPS) is 29.5. The molecule has 0 spiro atoms. The van der Waals surface area contributed by atoms with Crippen molar-refractivity contribution in [3.8, 4) is 0 Å². The van der Waals surface area contributed by atoms with Crippen LogP contribution in [0.15, 0.2) is 0 Å². The van der Waals surface area contributed by atoms with Crippen LogP contribution in [-0.2, 0) is 9.53 Å². The highest BCUT2D eigenvalue weighted by Crippen LogP contribution is 2.25. The van der Waals surface area contributed by atoms with E-state index >= 15 is 0 Å². The molecule has 0 aliphatic carbocycles. The Hall–Kier alpha value is -0.220. The van der Waals surface area contributed by atoms with Crippen molar-refractivity contribution in [3.05, 3.63) is 0 Å². The first kappa shape index (κ1) is 12.2. The predicted molar refractivity (Wildman–Crippen MR) is 66.7 cm³/mol. The summed E-state index contributed by atoms with van der Waals surface area (Å²) < 4.78 is 5.50. The Morgan fingerprint density at radius 1 is 1.38 bits per heavy atom. The van der Waals surface area contributed by atoms with Gasteiger partial charge < -0.3 is 10.1 Å². The van der Waals surface area contributed by atoms with Crippen LogP contribution in [0.4, 0.5) is 0 Å². The summed E-state index contributed by atoms with van der Waals surface area (Å²) in [5.74, 6) is 1.46. The molecule has 2 saturated heterocycles. The van der Waals surface area contributed by atoms with E-state index in [1.54, 1.807) is 0 Å². The molecule has 3 nitrogen and oxygen atoms in total. The molecule has 0 aromatic heterocycles. The molecule has 0 radical (unpaired) electrons. The zero-order chi connectivity index (χ0) is 11.2. The third-order valence-corrected chi connectivity index (χ3v) is 4.67. The topological polar surface area (TPSA) is 38.3 Å². The van der Waals surface area contributed by atoms with E-state index in [9.17, 15) is 4.79 Å². The van der Waals surface area contributed by atoms with Crippen LogP contribution >= 0.6 is 11.8 Å². The Labute approximate surface area is 102 Å². The predicted octanol–water partition coefficient (Wildman–Crippen LogP) is 1.96. The number of carbonyl (C=O) groups is 1. The Morgan fingerprint density at radius 2 is 2.31 bits per heavy atom. The molecule has 1 amide bonds. The van der Waals surface area contributed by atoms with Gasteiger partial charge in [0.15, 0.2) is 0 Å². The molecule has 16 heavy (non-hydrogen) atoms. The lowest BCUT2D eigenvalue weighted by Gasteiger charge is -2.11. The second-order valence-electron chi connectivity index (χ2n) is 4.61. The molecule has 0 unspecified atom stereocenters. The fraction of sp³-hybridized carbons (Fsp3) is 0.917.